The number of hydrogen-bond donors (Lipinski definition) is 0. The van der Waals surface area contributed by atoms with Crippen LogP contribution >= 0.6 is 11.6 Å². The number of amides is 2. The number of benzene rings is 2. The molecule has 35 heavy (non-hydrogen) atoms. The van der Waals surface area contributed by atoms with Crippen molar-refractivity contribution in [1.82, 2.24) is 14.7 Å². The van der Waals surface area contributed by atoms with Crippen molar-refractivity contribution >= 4 is 23.4 Å². The van der Waals surface area contributed by atoms with Gasteiger partial charge in [-0.1, -0.05) is 61.2 Å². The number of hydrogen-bond acceptors (Lipinski definition) is 3. The van der Waals surface area contributed by atoms with Gasteiger partial charge in [-0.2, -0.15) is 0 Å². The van der Waals surface area contributed by atoms with Gasteiger partial charge in [0.1, 0.15) is 0 Å². The van der Waals surface area contributed by atoms with Gasteiger partial charge in [0.25, 0.3) is 5.91 Å². The molecule has 1 saturated carbocycles. The summed E-state index contributed by atoms with van der Waals surface area (Å²) in [6.07, 6.45) is 7.76. The third kappa shape index (κ3) is 5.26. The van der Waals surface area contributed by atoms with Crippen molar-refractivity contribution in [1.29, 1.82) is 0 Å². The van der Waals surface area contributed by atoms with E-state index in [-0.39, 0.29) is 11.8 Å². The molecule has 0 spiro atoms. The van der Waals surface area contributed by atoms with Crippen LogP contribution in [0, 0.1) is 5.92 Å². The van der Waals surface area contributed by atoms with Gasteiger partial charge in [-0.15, -0.1) is 0 Å². The van der Waals surface area contributed by atoms with Crippen molar-refractivity contribution in [2.75, 3.05) is 39.8 Å². The van der Waals surface area contributed by atoms with Crippen LogP contribution in [0.3, 0.4) is 0 Å². The Morgan fingerprint density at radius 3 is 2.40 bits per heavy atom. The highest BCUT2D eigenvalue weighted by atomic mass is 35.5. The monoisotopic (exact) mass is 493 g/mol. The molecule has 1 unspecified atom stereocenters. The molecule has 2 aliphatic heterocycles. The molecular weight excluding hydrogens is 458 g/mol. The summed E-state index contributed by atoms with van der Waals surface area (Å²) in [5.74, 6) is 0.429. The van der Waals surface area contributed by atoms with E-state index in [9.17, 15) is 9.59 Å². The molecule has 2 saturated heterocycles. The van der Waals surface area contributed by atoms with E-state index < -0.39 is 0 Å². The number of nitrogens with zero attached hydrogens (tertiary/aromatic N) is 3. The molecule has 0 N–H and O–H groups in total. The smallest absolute Gasteiger partial charge is 0.254 e. The molecule has 2 amide bonds. The summed E-state index contributed by atoms with van der Waals surface area (Å²) in [6, 6.07) is 14.3. The van der Waals surface area contributed by atoms with E-state index in [1.807, 2.05) is 41.3 Å². The fourth-order valence-corrected chi connectivity index (χ4v) is 6.29. The molecule has 2 aromatic carbocycles. The largest absolute Gasteiger partial charge is 0.339 e. The van der Waals surface area contributed by atoms with E-state index >= 15 is 0 Å². The summed E-state index contributed by atoms with van der Waals surface area (Å²) in [5.41, 5.74) is 3.52. The highest BCUT2D eigenvalue weighted by molar-refractivity contribution is 6.33. The van der Waals surface area contributed by atoms with Crippen LogP contribution in [0.2, 0.25) is 5.02 Å². The van der Waals surface area contributed by atoms with Gasteiger partial charge in [0.05, 0.1) is 0 Å². The first kappa shape index (κ1) is 24.3. The molecule has 0 aromatic heterocycles. The molecule has 0 radical (unpaired) electrons. The first-order valence-corrected chi connectivity index (χ1v) is 13.5. The molecule has 2 aromatic rings. The minimum Gasteiger partial charge on any atom is -0.339 e. The number of piperazine rings is 1. The number of carbonyl (C=O) groups excluding carboxylic acids is 2. The molecule has 5 rings (SSSR count). The summed E-state index contributed by atoms with van der Waals surface area (Å²) < 4.78 is 0. The molecule has 6 heteroatoms. The highest BCUT2D eigenvalue weighted by Crippen LogP contribution is 2.34. The molecule has 1 aliphatic carbocycles. The van der Waals surface area contributed by atoms with Crippen LogP contribution in [-0.2, 0) is 11.2 Å². The lowest BCUT2D eigenvalue weighted by Gasteiger charge is -2.33. The molecule has 2 heterocycles. The van der Waals surface area contributed by atoms with Crippen molar-refractivity contribution in [3.05, 3.63) is 58.6 Å². The average Bonchev–Trinajstić information content (AvgIpc) is 3.24. The van der Waals surface area contributed by atoms with Crippen LogP contribution < -0.4 is 0 Å². The Hall–Kier alpha value is -2.37. The van der Waals surface area contributed by atoms with Gasteiger partial charge in [0.15, 0.2) is 0 Å². The highest BCUT2D eigenvalue weighted by Gasteiger charge is 2.36. The van der Waals surface area contributed by atoms with Crippen molar-refractivity contribution < 1.29 is 9.59 Å². The molecule has 5 nitrogen and oxygen atoms in total. The van der Waals surface area contributed by atoms with Gasteiger partial charge in [0.2, 0.25) is 5.91 Å². The van der Waals surface area contributed by atoms with Crippen molar-refractivity contribution in [2.45, 2.75) is 51.0 Å². The summed E-state index contributed by atoms with van der Waals surface area (Å²) in [6.45, 7) is 4.15. The van der Waals surface area contributed by atoms with E-state index in [2.05, 4.69) is 22.9 Å². The Morgan fingerprint density at radius 1 is 0.914 bits per heavy atom. The maximum Gasteiger partial charge on any atom is 0.254 e. The third-order valence-electron chi connectivity index (χ3n) is 8.12. The zero-order valence-corrected chi connectivity index (χ0v) is 21.5. The van der Waals surface area contributed by atoms with Gasteiger partial charge < -0.3 is 14.7 Å². The number of carbonyl (C=O) groups is 2. The van der Waals surface area contributed by atoms with Crippen LogP contribution in [0.15, 0.2) is 42.5 Å². The predicted octanol–water partition coefficient (Wildman–Crippen LogP) is 5.12. The Bertz CT molecular complexity index is 1070. The summed E-state index contributed by atoms with van der Waals surface area (Å²) in [4.78, 5) is 32.8. The summed E-state index contributed by atoms with van der Waals surface area (Å²) in [7, 11) is 2.09. The second-order valence-electron chi connectivity index (χ2n) is 10.5. The van der Waals surface area contributed by atoms with E-state index in [4.69, 9.17) is 11.6 Å². The van der Waals surface area contributed by atoms with Gasteiger partial charge in [-0.25, -0.2) is 0 Å². The fourth-order valence-electron chi connectivity index (χ4n) is 5.98. The lowest BCUT2D eigenvalue weighted by molar-refractivity contribution is -0.133. The second kappa shape index (κ2) is 10.7. The lowest BCUT2D eigenvalue weighted by atomic mass is 9.93. The Kier molecular flexibility index (Phi) is 7.45. The predicted molar refractivity (Wildman–Crippen MR) is 141 cm³/mol. The van der Waals surface area contributed by atoms with Crippen molar-refractivity contribution in [2.24, 2.45) is 5.92 Å². The van der Waals surface area contributed by atoms with Crippen LogP contribution in [0.25, 0.3) is 11.1 Å². The van der Waals surface area contributed by atoms with E-state index in [0.29, 0.717) is 22.5 Å². The van der Waals surface area contributed by atoms with Crippen molar-refractivity contribution in [3.8, 4) is 11.1 Å². The molecule has 3 aliphatic rings. The molecular formula is C29H36ClN3O2. The van der Waals surface area contributed by atoms with Crippen LogP contribution in [-0.4, -0.2) is 72.3 Å². The fraction of sp³-hybridized carbons (Fsp3) is 0.517. The maximum absolute atomic E-state index is 13.3. The number of halogens is 1. The number of likely N-dealkylation sites (N-methyl/N-ethyl adjacent to an activating group) is 1. The molecule has 1 atom stereocenters. The Balaban J connectivity index is 1.30. The molecule has 3 fully saturated rings. The summed E-state index contributed by atoms with van der Waals surface area (Å²) >= 11 is 6.79. The van der Waals surface area contributed by atoms with Gasteiger partial charge in [0, 0.05) is 60.8 Å². The molecule has 186 valence electrons. The lowest BCUT2D eigenvalue weighted by Crippen LogP contribution is -2.47. The van der Waals surface area contributed by atoms with E-state index in [0.717, 1.165) is 75.1 Å². The zero-order chi connectivity index (χ0) is 24.4. The van der Waals surface area contributed by atoms with Crippen LogP contribution in [0.4, 0.5) is 0 Å². The van der Waals surface area contributed by atoms with Crippen molar-refractivity contribution in [3.63, 3.8) is 0 Å². The SMILES string of the molecule is CN1CCN(C(=O)c2ccccc2-c2ccc(CC3CCN(C4CCCCC4)C3=O)cc2Cl)CC1. The van der Waals surface area contributed by atoms with E-state index in [1.54, 1.807) is 0 Å². The number of rotatable bonds is 5. The van der Waals surface area contributed by atoms with Gasteiger partial charge in [-0.05, 0) is 56.0 Å². The normalized spacial score (nSPS) is 22.1. The second-order valence-corrected chi connectivity index (χ2v) is 10.9. The van der Waals surface area contributed by atoms with Gasteiger partial charge >= 0.3 is 0 Å². The Morgan fingerprint density at radius 2 is 1.66 bits per heavy atom. The van der Waals surface area contributed by atoms with E-state index in [1.165, 1.54) is 19.3 Å². The third-order valence-corrected chi connectivity index (χ3v) is 8.43. The van der Waals surface area contributed by atoms with Crippen LogP contribution in [0.5, 0.6) is 0 Å². The molecule has 0 bridgehead atoms. The van der Waals surface area contributed by atoms with Crippen LogP contribution in [0.1, 0.15) is 54.4 Å². The topological polar surface area (TPSA) is 43.9 Å². The maximum atomic E-state index is 13.3. The summed E-state index contributed by atoms with van der Waals surface area (Å²) in [5, 5.41) is 0.635. The first-order valence-electron chi connectivity index (χ1n) is 13.2. The first-order chi connectivity index (χ1) is 17.0. The Labute approximate surface area is 214 Å². The standard InChI is InChI=1S/C29H36ClN3O2/c1-31-15-17-32(18-16-31)29(35)26-10-6-5-9-24(26)25-12-11-21(20-27(25)30)19-22-13-14-33(28(22)34)23-7-3-2-4-8-23/h5-6,9-12,20,22-23H,2-4,7-8,13-19H2,1H3. The number of likely N-dealkylation sites (tertiary alicyclic amines) is 1. The minimum absolute atomic E-state index is 0.0462. The quantitative estimate of drug-likeness (QED) is 0.580. The minimum atomic E-state index is 0.0462. The van der Waals surface area contributed by atoms with Gasteiger partial charge in [-0.3, -0.25) is 9.59 Å². The zero-order valence-electron chi connectivity index (χ0n) is 20.7. The average molecular weight is 494 g/mol.